The smallest absolute Gasteiger partial charge is 0.218 e. The molecule has 1 saturated carbocycles. The summed E-state index contributed by atoms with van der Waals surface area (Å²) >= 11 is 0. The number of sulfonamides is 1. The van der Waals surface area contributed by atoms with E-state index in [1.165, 1.54) is 17.1 Å². The fourth-order valence-electron chi connectivity index (χ4n) is 1.56. The van der Waals surface area contributed by atoms with E-state index in [4.69, 9.17) is 0 Å². The van der Waals surface area contributed by atoms with E-state index in [9.17, 15) is 8.42 Å². The van der Waals surface area contributed by atoms with Crippen molar-refractivity contribution in [3.8, 4) is 0 Å². The van der Waals surface area contributed by atoms with Crippen LogP contribution in [-0.4, -0.2) is 43.1 Å². The number of hydrogen-bond acceptors (Lipinski definition) is 3. The van der Waals surface area contributed by atoms with Crippen molar-refractivity contribution in [1.82, 2.24) is 9.62 Å². The third-order valence-electron chi connectivity index (χ3n) is 3.88. The molecule has 0 saturated heterocycles. The fourth-order valence-corrected chi connectivity index (χ4v) is 3.23. The zero-order valence-corrected chi connectivity index (χ0v) is 12.5. The average molecular weight is 262 g/mol. The third-order valence-corrected chi connectivity index (χ3v) is 6.32. The van der Waals surface area contributed by atoms with E-state index in [1.807, 2.05) is 20.8 Å². The van der Waals surface area contributed by atoms with Gasteiger partial charge in [0.25, 0.3) is 0 Å². The van der Waals surface area contributed by atoms with Crippen LogP contribution in [0.25, 0.3) is 0 Å². The fraction of sp³-hybridized carbons (Fsp3) is 1.00. The van der Waals surface area contributed by atoms with Gasteiger partial charge in [-0.1, -0.05) is 6.92 Å². The van der Waals surface area contributed by atoms with Gasteiger partial charge in [-0.2, -0.15) is 4.31 Å². The van der Waals surface area contributed by atoms with Crippen LogP contribution >= 0.6 is 0 Å². The Hall–Kier alpha value is -0.130. The molecule has 1 unspecified atom stereocenters. The zero-order chi connectivity index (χ0) is 13.3. The first-order valence-corrected chi connectivity index (χ1v) is 7.93. The molecule has 0 spiro atoms. The van der Waals surface area contributed by atoms with Crippen LogP contribution in [0.3, 0.4) is 0 Å². The summed E-state index contributed by atoms with van der Waals surface area (Å²) in [5.74, 6) is 0. The lowest BCUT2D eigenvalue weighted by atomic mass is 10.0. The summed E-state index contributed by atoms with van der Waals surface area (Å²) in [6, 6.07) is 0.553. The Bertz CT molecular complexity index is 348. The molecule has 1 atom stereocenters. The predicted molar refractivity (Wildman–Crippen MR) is 71.5 cm³/mol. The molecule has 1 aliphatic carbocycles. The van der Waals surface area contributed by atoms with Crippen LogP contribution in [0.15, 0.2) is 0 Å². The van der Waals surface area contributed by atoms with Gasteiger partial charge in [0.05, 0.1) is 5.25 Å². The normalized spacial score (nSPS) is 19.6. The minimum absolute atomic E-state index is 0.313. The van der Waals surface area contributed by atoms with Crippen molar-refractivity contribution in [3.05, 3.63) is 0 Å². The van der Waals surface area contributed by atoms with Gasteiger partial charge in [-0.3, -0.25) is 0 Å². The van der Waals surface area contributed by atoms with Crippen molar-refractivity contribution in [1.29, 1.82) is 0 Å². The maximum atomic E-state index is 12.4. The van der Waals surface area contributed by atoms with E-state index < -0.39 is 10.0 Å². The highest BCUT2D eigenvalue weighted by atomic mass is 32.2. The molecule has 0 aliphatic heterocycles. The van der Waals surface area contributed by atoms with Crippen LogP contribution < -0.4 is 5.32 Å². The van der Waals surface area contributed by atoms with Crippen LogP contribution in [0.2, 0.25) is 0 Å². The Labute approximate surface area is 106 Å². The molecule has 4 nitrogen and oxygen atoms in total. The molecule has 5 heteroatoms. The highest BCUT2D eigenvalue weighted by molar-refractivity contribution is 7.89. The van der Waals surface area contributed by atoms with Gasteiger partial charge in [0.2, 0.25) is 10.0 Å². The van der Waals surface area contributed by atoms with E-state index in [0.717, 1.165) is 6.42 Å². The molecule has 0 aromatic carbocycles. The van der Waals surface area contributed by atoms with Gasteiger partial charge in [-0.25, -0.2) is 8.42 Å². The second-order valence-electron chi connectivity index (χ2n) is 5.67. The van der Waals surface area contributed by atoms with Crippen molar-refractivity contribution in [3.63, 3.8) is 0 Å². The monoisotopic (exact) mass is 262 g/mol. The van der Waals surface area contributed by atoms with Gasteiger partial charge in [-0.05, 0) is 40.0 Å². The van der Waals surface area contributed by atoms with E-state index in [1.54, 1.807) is 14.0 Å². The second kappa shape index (κ2) is 5.24. The summed E-state index contributed by atoms with van der Waals surface area (Å²) in [6.07, 6.45) is 3.18. The van der Waals surface area contributed by atoms with E-state index in [-0.39, 0.29) is 10.8 Å². The van der Waals surface area contributed by atoms with Crippen LogP contribution in [-0.2, 0) is 10.0 Å². The van der Waals surface area contributed by atoms with Gasteiger partial charge in [0.1, 0.15) is 0 Å². The SMILES string of the molecule is CCC(C)(C)N(C)S(=O)(=O)C(C)CNC1CC1. The average Bonchev–Trinajstić information content (AvgIpc) is 3.08. The predicted octanol–water partition coefficient (Wildman–Crippen LogP) is 1.58. The van der Waals surface area contributed by atoms with Gasteiger partial charge < -0.3 is 5.32 Å². The highest BCUT2D eigenvalue weighted by Crippen LogP contribution is 2.23. The number of hydrogen-bond donors (Lipinski definition) is 1. The Morgan fingerprint density at radius 3 is 2.35 bits per heavy atom. The minimum Gasteiger partial charge on any atom is -0.313 e. The maximum Gasteiger partial charge on any atom is 0.218 e. The Morgan fingerprint density at radius 1 is 1.41 bits per heavy atom. The number of rotatable bonds is 7. The molecular formula is C12H26N2O2S. The van der Waals surface area contributed by atoms with E-state index in [2.05, 4.69) is 5.32 Å². The van der Waals surface area contributed by atoms with Gasteiger partial charge in [-0.15, -0.1) is 0 Å². The van der Waals surface area contributed by atoms with Crippen molar-refractivity contribution < 1.29 is 8.42 Å². The van der Waals surface area contributed by atoms with Crippen molar-refractivity contribution in [2.45, 2.75) is 63.8 Å². The lowest BCUT2D eigenvalue weighted by Crippen LogP contribution is -2.49. The summed E-state index contributed by atoms with van der Waals surface area (Å²) in [5, 5.41) is 2.92. The van der Waals surface area contributed by atoms with Crippen LogP contribution in [0.5, 0.6) is 0 Å². The Kier molecular flexibility index (Phi) is 4.60. The molecule has 1 rings (SSSR count). The summed E-state index contributed by atoms with van der Waals surface area (Å²) in [4.78, 5) is 0. The molecule has 0 heterocycles. The minimum atomic E-state index is -3.21. The molecule has 0 radical (unpaired) electrons. The van der Waals surface area contributed by atoms with Crippen molar-refractivity contribution in [2.75, 3.05) is 13.6 Å². The Balaban J connectivity index is 2.64. The molecule has 0 bridgehead atoms. The van der Waals surface area contributed by atoms with Crippen molar-refractivity contribution in [2.24, 2.45) is 0 Å². The number of nitrogens with zero attached hydrogens (tertiary/aromatic N) is 1. The van der Waals surface area contributed by atoms with E-state index in [0.29, 0.717) is 12.6 Å². The lowest BCUT2D eigenvalue weighted by Gasteiger charge is -2.35. The number of nitrogens with one attached hydrogen (secondary N) is 1. The first-order valence-electron chi connectivity index (χ1n) is 6.43. The van der Waals surface area contributed by atoms with E-state index >= 15 is 0 Å². The molecular weight excluding hydrogens is 236 g/mol. The van der Waals surface area contributed by atoms with Gasteiger partial charge in [0.15, 0.2) is 0 Å². The van der Waals surface area contributed by atoms with Gasteiger partial charge in [0, 0.05) is 25.2 Å². The standard InChI is InChI=1S/C12H26N2O2S/c1-6-12(3,4)14(5)17(15,16)10(2)9-13-11-7-8-11/h10-11,13H,6-9H2,1-5H3. The maximum absolute atomic E-state index is 12.4. The lowest BCUT2D eigenvalue weighted by molar-refractivity contribution is 0.254. The van der Waals surface area contributed by atoms with Crippen LogP contribution in [0.1, 0.15) is 47.0 Å². The highest BCUT2D eigenvalue weighted by Gasteiger charge is 2.35. The molecule has 1 fully saturated rings. The first kappa shape index (κ1) is 14.9. The Morgan fingerprint density at radius 2 is 1.94 bits per heavy atom. The molecule has 0 aromatic rings. The largest absolute Gasteiger partial charge is 0.313 e. The summed E-state index contributed by atoms with van der Waals surface area (Å²) in [7, 11) is -1.52. The molecule has 17 heavy (non-hydrogen) atoms. The van der Waals surface area contributed by atoms with Crippen LogP contribution in [0.4, 0.5) is 0 Å². The first-order chi connectivity index (χ1) is 7.71. The van der Waals surface area contributed by atoms with Crippen LogP contribution in [0, 0.1) is 0 Å². The topological polar surface area (TPSA) is 49.4 Å². The molecule has 0 aromatic heterocycles. The second-order valence-corrected chi connectivity index (χ2v) is 8.05. The summed E-state index contributed by atoms with van der Waals surface area (Å²) in [5.41, 5.74) is -0.313. The summed E-state index contributed by atoms with van der Waals surface area (Å²) in [6.45, 7) is 8.28. The molecule has 0 amide bonds. The molecule has 102 valence electrons. The quantitative estimate of drug-likeness (QED) is 0.758. The molecule has 1 aliphatic rings. The third kappa shape index (κ3) is 3.66. The van der Waals surface area contributed by atoms with Crippen molar-refractivity contribution >= 4 is 10.0 Å². The molecule has 1 N–H and O–H groups in total. The zero-order valence-electron chi connectivity index (χ0n) is 11.7. The summed E-state index contributed by atoms with van der Waals surface area (Å²) < 4.78 is 26.2. The van der Waals surface area contributed by atoms with Gasteiger partial charge >= 0.3 is 0 Å².